The molecule has 8 nitrogen and oxygen atoms in total. The number of nitrogens with one attached hydrogen (secondary N) is 1. The van der Waals surface area contributed by atoms with E-state index in [1.54, 1.807) is 53.7 Å². The summed E-state index contributed by atoms with van der Waals surface area (Å²) >= 11 is 6.92. The molecule has 2 atom stereocenters. The van der Waals surface area contributed by atoms with Crippen LogP contribution in [0.1, 0.15) is 95.8 Å². The zero-order valence-corrected chi connectivity index (χ0v) is 30.5. The Bertz CT molecular complexity index is 1180. The zero-order chi connectivity index (χ0) is 33.2. The number of esters is 2. The minimum atomic E-state index is -0.951. The number of fused-ring (bicyclic) bond motifs is 2. The summed E-state index contributed by atoms with van der Waals surface area (Å²) in [6.45, 7) is 14.2. The van der Waals surface area contributed by atoms with Crippen LogP contribution < -0.4 is 5.32 Å². The lowest BCUT2D eigenvalue weighted by atomic mass is 9.94. The fraction of sp³-hybridized carbons (Fsp3) is 0.576. The second kappa shape index (κ2) is 18.4. The smallest absolute Gasteiger partial charge is 0.418 e. The molecule has 2 aliphatic heterocycles. The van der Waals surface area contributed by atoms with Crippen LogP contribution in [-0.4, -0.2) is 55.4 Å². The predicted octanol–water partition coefficient (Wildman–Crippen LogP) is 7.27. The summed E-state index contributed by atoms with van der Waals surface area (Å²) < 4.78 is 50.2. The molecule has 2 unspecified atom stereocenters. The quantitative estimate of drug-likeness (QED) is 0.257. The average Bonchev–Trinajstić information content (AvgIpc) is 2.92. The van der Waals surface area contributed by atoms with Gasteiger partial charge in [-0.15, -0.1) is 0 Å². The number of carbonyl (C=O) groups excluding carboxylic acids is 2. The number of rotatable bonds is 4. The maximum Gasteiger partial charge on any atom is 0.418 e. The first-order valence-corrected chi connectivity index (χ1v) is 16.3. The Morgan fingerprint density at radius 2 is 1.22 bits per heavy atom. The van der Waals surface area contributed by atoms with E-state index in [0.717, 1.165) is 51.3 Å². The van der Waals surface area contributed by atoms with E-state index in [9.17, 15) is 18.4 Å². The van der Waals surface area contributed by atoms with E-state index >= 15 is 0 Å². The van der Waals surface area contributed by atoms with Crippen molar-refractivity contribution in [2.75, 3.05) is 26.8 Å². The van der Waals surface area contributed by atoms with Crippen LogP contribution in [0.4, 0.5) is 8.78 Å². The van der Waals surface area contributed by atoms with E-state index in [-0.39, 0.29) is 29.3 Å². The van der Waals surface area contributed by atoms with Crippen LogP contribution in [0, 0.1) is 11.6 Å². The molecular formula is C33H47Br2F2NO7. The molecule has 0 fully saturated rings. The Kier molecular flexibility index (Phi) is 16.8. The van der Waals surface area contributed by atoms with E-state index in [0.29, 0.717) is 25.3 Å². The second-order valence-corrected chi connectivity index (χ2v) is 14.1. The van der Waals surface area contributed by atoms with Gasteiger partial charge in [-0.2, -0.15) is 0 Å². The van der Waals surface area contributed by atoms with Crippen LogP contribution in [0.15, 0.2) is 33.2 Å². The molecule has 0 aliphatic carbocycles. The van der Waals surface area contributed by atoms with Gasteiger partial charge >= 0.3 is 11.9 Å². The first kappa shape index (κ1) is 41.1. The maximum atomic E-state index is 13.7. The molecular weight excluding hydrogens is 720 g/mol. The SMILES string of the molecule is CC(C)(C)OC(=O)C(=O)OC(C)(C)C.CCCC1OCCc2c(Br)ccc(F)c21.CNCC1OCCc2c(Br)ccc(F)c21.O. The number of benzene rings is 2. The van der Waals surface area contributed by atoms with Crippen molar-refractivity contribution >= 4 is 43.8 Å². The molecule has 2 aromatic rings. The molecule has 4 rings (SSSR count). The van der Waals surface area contributed by atoms with Gasteiger partial charge in [-0.3, -0.25) is 0 Å². The molecule has 0 radical (unpaired) electrons. The van der Waals surface area contributed by atoms with Gasteiger partial charge in [0.2, 0.25) is 0 Å². The first-order valence-electron chi connectivity index (χ1n) is 14.8. The highest BCUT2D eigenvalue weighted by Gasteiger charge is 2.28. The Hall–Kier alpha value is -1.96. The third-order valence-electron chi connectivity index (χ3n) is 6.38. The van der Waals surface area contributed by atoms with Crippen LogP contribution in [0.5, 0.6) is 0 Å². The molecule has 0 saturated carbocycles. The second-order valence-electron chi connectivity index (χ2n) is 12.4. The minimum Gasteiger partial charge on any atom is -0.452 e. The molecule has 2 heterocycles. The highest BCUT2D eigenvalue weighted by Crippen LogP contribution is 2.36. The van der Waals surface area contributed by atoms with Crippen LogP contribution in [0.2, 0.25) is 0 Å². The molecule has 0 bridgehead atoms. The third kappa shape index (κ3) is 13.0. The largest absolute Gasteiger partial charge is 0.452 e. The number of hydrogen-bond donors (Lipinski definition) is 1. The maximum absolute atomic E-state index is 13.7. The fourth-order valence-corrected chi connectivity index (χ4v) is 5.76. The molecule has 0 spiro atoms. The van der Waals surface area contributed by atoms with Crippen LogP contribution in [0.25, 0.3) is 0 Å². The Labute approximate surface area is 282 Å². The lowest BCUT2D eigenvalue weighted by Crippen LogP contribution is -2.34. The van der Waals surface area contributed by atoms with Gasteiger partial charge in [-0.1, -0.05) is 45.2 Å². The Morgan fingerprint density at radius 1 is 0.822 bits per heavy atom. The average molecular weight is 768 g/mol. The topological polar surface area (TPSA) is 115 Å². The number of ether oxygens (including phenoxy) is 4. The highest BCUT2D eigenvalue weighted by molar-refractivity contribution is 9.10. The summed E-state index contributed by atoms with van der Waals surface area (Å²) in [5.74, 6) is -2.21. The van der Waals surface area contributed by atoms with E-state index in [2.05, 4.69) is 44.1 Å². The van der Waals surface area contributed by atoms with Crippen LogP contribution in [-0.2, 0) is 41.4 Å². The third-order valence-corrected chi connectivity index (χ3v) is 7.87. The lowest BCUT2D eigenvalue weighted by molar-refractivity contribution is -0.180. The lowest BCUT2D eigenvalue weighted by Gasteiger charge is -2.27. The van der Waals surface area contributed by atoms with Crippen LogP contribution >= 0.6 is 31.9 Å². The predicted molar refractivity (Wildman–Crippen MR) is 177 cm³/mol. The summed E-state index contributed by atoms with van der Waals surface area (Å²) in [5, 5.41) is 3.02. The molecule has 2 aromatic carbocycles. The molecule has 3 N–H and O–H groups in total. The van der Waals surface area contributed by atoms with Gasteiger partial charge in [0.25, 0.3) is 0 Å². The first-order chi connectivity index (χ1) is 20.5. The van der Waals surface area contributed by atoms with Gasteiger partial charge in [0, 0.05) is 26.6 Å². The van der Waals surface area contributed by atoms with Crippen molar-refractivity contribution < 1.29 is 42.8 Å². The monoisotopic (exact) mass is 765 g/mol. The van der Waals surface area contributed by atoms with Crippen LogP contribution in [0.3, 0.4) is 0 Å². The molecule has 2 aliphatic rings. The van der Waals surface area contributed by atoms with Crippen molar-refractivity contribution in [2.45, 2.75) is 97.6 Å². The molecule has 254 valence electrons. The number of hydrogen-bond acceptors (Lipinski definition) is 7. The minimum absolute atomic E-state index is 0. The van der Waals surface area contributed by atoms with Gasteiger partial charge in [-0.25, -0.2) is 18.4 Å². The van der Waals surface area contributed by atoms with E-state index in [4.69, 9.17) is 18.9 Å². The van der Waals surface area contributed by atoms with E-state index in [1.807, 2.05) is 7.05 Å². The summed E-state index contributed by atoms with van der Waals surface area (Å²) in [4.78, 5) is 22.3. The number of halogens is 4. The van der Waals surface area contributed by atoms with Gasteiger partial charge in [0.1, 0.15) is 22.8 Å². The van der Waals surface area contributed by atoms with Crippen molar-refractivity contribution in [3.8, 4) is 0 Å². The summed E-state index contributed by atoms with van der Waals surface area (Å²) in [6, 6.07) is 6.54. The number of likely N-dealkylation sites (N-methyl/N-ethyl adjacent to an activating group) is 1. The van der Waals surface area contributed by atoms with E-state index < -0.39 is 23.1 Å². The standard InChI is InChI=1S/C12H14BrFO.C11H13BrFNO.C10H18O4.H2O/c1-2-3-11-12-8(6-7-15-11)9(13)4-5-10(12)14;1-14-6-10-11-7(4-5-15-10)8(12)2-3-9(11)13;1-9(2,3)13-7(11)8(12)14-10(4,5)6;/h4-5,11H,2-3,6-7H2,1H3;2-3,10,14H,4-6H2,1H3;1-6H3;1H2. The summed E-state index contributed by atoms with van der Waals surface area (Å²) in [6.07, 6.45) is 3.24. The molecule has 0 aromatic heterocycles. The molecule has 0 amide bonds. The number of carbonyl (C=O) groups is 2. The van der Waals surface area contributed by atoms with E-state index in [1.165, 1.54) is 12.1 Å². The highest BCUT2D eigenvalue weighted by atomic mass is 79.9. The summed E-state index contributed by atoms with van der Waals surface area (Å²) in [7, 11) is 1.84. The van der Waals surface area contributed by atoms with Gasteiger partial charge in [-0.05, 0) is 103 Å². The van der Waals surface area contributed by atoms with Crippen molar-refractivity contribution in [1.29, 1.82) is 0 Å². The zero-order valence-electron chi connectivity index (χ0n) is 27.4. The Morgan fingerprint density at radius 3 is 1.60 bits per heavy atom. The molecule has 12 heteroatoms. The summed E-state index contributed by atoms with van der Waals surface area (Å²) in [5.41, 5.74) is 2.24. The molecule has 0 saturated heterocycles. The Balaban J connectivity index is 0.000000334. The fourth-order valence-electron chi connectivity index (χ4n) is 4.67. The van der Waals surface area contributed by atoms with Crippen molar-refractivity contribution in [2.24, 2.45) is 0 Å². The van der Waals surface area contributed by atoms with Crippen molar-refractivity contribution in [3.63, 3.8) is 0 Å². The van der Waals surface area contributed by atoms with Crippen molar-refractivity contribution in [1.82, 2.24) is 5.32 Å². The molecule has 45 heavy (non-hydrogen) atoms. The van der Waals surface area contributed by atoms with Crippen molar-refractivity contribution in [3.05, 3.63) is 67.1 Å². The van der Waals surface area contributed by atoms with Gasteiger partial charge < -0.3 is 29.7 Å². The van der Waals surface area contributed by atoms with Gasteiger partial charge in [0.05, 0.1) is 25.4 Å². The van der Waals surface area contributed by atoms with Gasteiger partial charge in [0.15, 0.2) is 0 Å². The normalized spacial score (nSPS) is 17.2.